The molecule has 1 aromatic carbocycles. The Kier molecular flexibility index (Phi) is 5.26. The van der Waals surface area contributed by atoms with E-state index in [-0.39, 0.29) is 19.4 Å². The number of rotatable bonds is 5. The number of halogens is 2. The number of sulfonamides is 1. The lowest BCUT2D eigenvalue weighted by molar-refractivity contribution is -0.161. The number of hydrogen-bond donors (Lipinski definition) is 2. The highest BCUT2D eigenvalue weighted by Crippen LogP contribution is 2.38. The van der Waals surface area contributed by atoms with Gasteiger partial charge in [-0.2, -0.15) is 4.31 Å². The minimum Gasteiger partial charge on any atom is -0.481 e. The van der Waals surface area contributed by atoms with Crippen LogP contribution in [0.1, 0.15) is 26.2 Å². The van der Waals surface area contributed by atoms with Crippen LogP contribution in [0.4, 0.5) is 8.78 Å². The Bertz CT molecular complexity index is 719. The summed E-state index contributed by atoms with van der Waals surface area (Å²) in [6, 6.07) is 2.69. The first-order valence-electron chi connectivity index (χ1n) is 7.52. The molecule has 1 fully saturated rings. The van der Waals surface area contributed by atoms with Gasteiger partial charge in [-0.15, -0.1) is 0 Å². The monoisotopic (exact) mass is 363 g/mol. The molecule has 9 heteroatoms. The van der Waals surface area contributed by atoms with Gasteiger partial charge in [0.25, 0.3) is 0 Å². The number of carboxylic acids is 1. The smallest absolute Gasteiger partial charge is 0.313 e. The van der Waals surface area contributed by atoms with Gasteiger partial charge in [-0.1, -0.05) is 19.4 Å². The number of benzene rings is 1. The third-order valence-corrected chi connectivity index (χ3v) is 6.28. The van der Waals surface area contributed by atoms with Crippen molar-refractivity contribution in [2.45, 2.75) is 37.2 Å². The molecule has 1 aliphatic heterocycles. The minimum atomic E-state index is -4.56. The average molecular weight is 363 g/mol. The number of aliphatic hydroxyl groups is 1. The Morgan fingerprint density at radius 2 is 1.96 bits per heavy atom. The summed E-state index contributed by atoms with van der Waals surface area (Å²) < 4.78 is 53.7. The summed E-state index contributed by atoms with van der Waals surface area (Å²) in [5, 5.41) is 19.7. The van der Waals surface area contributed by atoms with Crippen LogP contribution in [0, 0.1) is 17.0 Å². The van der Waals surface area contributed by atoms with Crippen molar-refractivity contribution in [3.8, 4) is 0 Å². The number of nitrogens with zero attached hydrogens (tertiary/aromatic N) is 1. The van der Waals surface area contributed by atoms with Gasteiger partial charge in [0.2, 0.25) is 10.0 Å². The van der Waals surface area contributed by atoms with Gasteiger partial charge in [-0.05, 0) is 25.0 Å². The second kappa shape index (κ2) is 6.73. The number of piperidine rings is 1. The number of aliphatic carboxylic acids is 1. The Morgan fingerprint density at radius 1 is 1.38 bits per heavy atom. The summed E-state index contributed by atoms with van der Waals surface area (Å²) >= 11 is 0. The van der Waals surface area contributed by atoms with Crippen molar-refractivity contribution in [2.75, 3.05) is 13.1 Å². The van der Waals surface area contributed by atoms with Gasteiger partial charge in [0, 0.05) is 13.1 Å². The first-order valence-corrected chi connectivity index (χ1v) is 8.96. The normalized spacial score (nSPS) is 25.6. The van der Waals surface area contributed by atoms with Crippen LogP contribution in [0.2, 0.25) is 0 Å². The Balaban J connectivity index is 2.47. The molecular weight excluding hydrogens is 344 g/mol. The summed E-state index contributed by atoms with van der Waals surface area (Å²) in [6.45, 7) is 0.963. The maximum atomic E-state index is 13.9. The molecule has 2 rings (SSSR count). The summed E-state index contributed by atoms with van der Waals surface area (Å²) in [5.74, 6) is -3.80. The SMILES string of the molecule is CCC[C@]1(C(=O)O)CN(S(=O)(=O)c2c(F)cccc2F)CC[C@@H]1O. The van der Waals surface area contributed by atoms with E-state index in [1.165, 1.54) is 0 Å². The predicted molar refractivity (Wildman–Crippen MR) is 80.7 cm³/mol. The summed E-state index contributed by atoms with van der Waals surface area (Å²) in [5.41, 5.74) is -1.69. The molecule has 2 atom stereocenters. The first kappa shape index (κ1) is 18.8. The molecule has 0 radical (unpaired) electrons. The van der Waals surface area contributed by atoms with Crippen molar-refractivity contribution in [3.63, 3.8) is 0 Å². The highest BCUT2D eigenvalue weighted by atomic mass is 32.2. The highest BCUT2D eigenvalue weighted by Gasteiger charge is 2.51. The Morgan fingerprint density at radius 3 is 2.46 bits per heavy atom. The average Bonchev–Trinajstić information content (AvgIpc) is 2.48. The topological polar surface area (TPSA) is 94.9 Å². The second-order valence-electron chi connectivity index (χ2n) is 5.91. The molecule has 0 bridgehead atoms. The number of hydrogen-bond acceptors (Lipinski definition) is 4. The van der Waals surface area contributed by atoms with Gasteiger partial charge in [-0.3, -0.25) is 4.79 Å². The molecule has 0 saturated carbocycles. The molecule has 0 aromatic heterocycles. The van der Waals surface area contributed by atoms with Crippen LogP contribution in [0.5, 0.6) is 0 Å². The quantitative estimate of drug-likeness (QED) is 0.828. The summed E-state index contributed by atoms with van der Waals surface area (Å²) in [6.07, 6.45) is -0.894. The largest absolute Gasteiger partial charge is 0.481 e. The third kappa shape index (κ3) is 3.03. The fourth-order valence-corrected chi connectivity index (χ4v) is 4.75. The zero-order valence-electron chi connectivity index (χ0n) is 13.1. The van der Waals surface area contributed by atoms with Gasteiger partial charge in [0.1, 0.15) is 17.0 Å². The molecule has 24 heavy (non-hydrogen) atoms. The van der Waals surface area contributed by atoms with Crippen molar-refractivity contribution < 1.29 is 32.2 Å². The zero-order valence-corrected chi connectivity index (χ0v) is 13.9. The van der Waals surface area contributed by atoms with Gasteiger partial charge >= 0.3 is 5.97 Å². The Hall–Kier alpha value is -1.58. The zero-order chi connectivity index (χ0) is 18.1. The van der Waals surface area contributed by atoms with E-state index in [0.29, 0.717) is 6.42 Å². The van der Waals surface area contributed by atoms with Crippen molar-refractivity contribution in [1.29, 1.82) is 0 Å². The molecule has 6 nitrogen and oxygen atoms in total. The van der Waals surface area contributed by atoms with Crippen LogP contribution in [-0.4, -0.2) is 48.1 Å². The lowest BCUT2D eigenvalue weighted by Crippen LogP contribution is -2.57. The molecule has 2 N–H and O–H groups in total. The van der Waals surface area contributed by atoms with Crippen molar-refractivity contribution >= 4 is 16.0 Å². The lowest BCUT2D eigenvalue weighted by atomic mass is 9.74. The first-order chi connectivity index (χ1) is 11.2. The van der Waals surface area contributed by atoms with E-state index in [0.717, 1.165) is 22.5 Å². The minimum absolute atomic E-state index is 0.0509. The van der Waals surface area contributed by atoms with E-state index < -0.39 is 50.6 Å². The van der Waals surface area contributed by atoms with E-state index in [4.69, 9.17) is 0 Å². The van der Waals surface area contributed by atoms with Gasteiger partial charge in [-0.25, -0.2) is 17.2 Å². The van der Waals surface area contributed by atoms with E-state index in [1.54, 1.807) is 6.92 Å². The fourth-order valence-electron chi connectivity index (χ4n) is 3.11. The molecule has 0 unspecified atom stereocenters. The maximum absolute atomic E-state index is 13.9. The van der Waals surface area contributed by atoms with Crippen molar-refractivity contribution in [2.24, 2.45) is 5.41 Å². The molecule has 1 heterocycles. The predicted octanol–water partition coefficient (Wildman–Crippen LogP) is 1.59. The molecule has 1 aromatic rings. The van der Waals surface area contributed by atoms with Crippen LogP contribution in [0.25, 0.3) is 0 Å². The third-order valence-electron chi connectivity index (χ3n) is 4.39. The van der Waals surface area contributed by atoms with Crippen LogP contribution >= 0.6 is 0 Å². The van der Waals surface area contributed by atoms with E-state index in [9.17, 15) is 32.2 Å². The van der Waals surface area contributed by atoms with Gasteiger partial charge in [0.05, 0.1) is 6.10 Å². The Labute approximate surface area is 138 Å². The lowest BCUT2D eigenvalue weighted by Gasteiger charge is -2.42. The molecule has 134 valence electrons. The number of aliphatic hydroxyl groups excluding tert-OH is 1. The molecular formula is C15H19F2NO5S. The molecule has 0 amide bonds. The molecule has 1 aliphatic rings. The van der Waals surface area contributed by atoms with Crippen molar-refractivity contribution in [3.05, 3.63) is 29.8 Å². The van der Waals surface area contributed by atoms with E-state index in [1.807, 2.05) is 0 Å². The van der Waals surface area contributed by atoms with E-state index >= 15 is 0 Å². The van der Waals surface area contributed by atoms with Crippen LogP contribution in [0.3, 0.4) is 0 Å². The molecule has 1 saturated heterocycles. The van der Waals surface area contributed by atoms with Gasteiger partial charge in [0.15, 0.2) is 4.90 Å². The van der Waals surface area contributed by atoms with Crippen LogP contribution in [-0.2, 0) is 14.8 Å². The molecule has 0 aliphatic carbocycles. The second-order valence-corrected chi connectivity index (χ2v) is 7.78. The molecule has 0 spiro atoms. The summed E-state index contributed by atoms with van der Waals surface area (Å²) in [7, 11) is -4.56. The standard InChI is InChI=1S/C15H19F2NO5S/c1-2-7-15(14(20)21)9-18(8-6-12(15)19)24(22,23)13-10(16)4-3-5-11(13)17/h3-5,12,19H,2,6-9H2,1H3,(H,20,21)/t12-,15-/m0/s1. The number of carboxylic acid groups (broad SMARTS) is 1. The number of carbonyl (C=O) groups is 1. The van der Waals surface area contributed by atoms with E-state index in [2.05, 4.69) is 0 Å². The van der Waals surface area contributed by atoms with Gasteiger partial charge < -0.3 is 10.2 Å². The van der Waals surface area contributed by atoms with Crippen molar-refractivity contribution in [1.82, 2.24) is 4.31 Å². The highest BCUT2D eigenvalue weighted by molar-refractivity contribution is 7.89. The fraction of sp³-hybridized carbons (Fsp3) is 0.533. The van der Waals surface area contributed by atoms with Crippen LogP contribution in [0.15, 0.2) is 23.1 Å². The summed E-state index contributed by atoms with van der Waals surface area (Å²) in [4.78, 5) is 10.6. The van der Waals surface area contributed by atoms with Crippen LogP contribution < -0.4 is 0 Å². The maximum Gasteiger partial charge on any atom is 0.313 e.